The molecule has 0 amide bonds. The molecule has 0 unspecified atom stereocenters. The van der Waals surface area contributed by atoms with Crippen molar-refractivity contribution >= 4 is 0 Å². The number of hydrogen-bond acceptors (Lipinski definition) is 5. The molecule has 1 aromatic heterocycles. The molecule has 0 bridgehead atoms. The summed E-state index contributed by atoms with van der Waals surface area (Å²) in [7, 11) is 4.08. The Kier molecular flexibility index (Phi) is 5.50. The number of ether oxygens (including phenoxy) is 1. The lowest BCUT2D eigenvalue weighted by Crippen LogP contribution is -2.43. The molecule has 5 nitrogen and oxygen atoms in total. The molecule has 0 aliphatic heterocycles. The summed E-state index contributed by atoms with van der Waals surface area (Å²) in [6, 6.07) is 0. The molecule has 1 aromatic rings. The van der Waals surface area contributed by atoms with Crippen molar-refractivity contribution in [2.75, 3.05) is 27.2 Å². The summed E-state index contributed by atoms with van der Waals surface area (Å²) in [4.78, 5) is 10.7. The molecule has 0 saturated heterocycles. The number of hydrogen-bond donors (Lipinski definition) is 1. The Labute approximate surface area is 110 Å². The highest BCUT2D eigenvalue weighted by Gasteiger charge is 2.21. The monoisotopic (exact) mass is 252 g/mol. The highest BCUT2D eigenvalue weighted by atomic mass is 16.5. The second kappa shape index (κ2) is 6.66. The zero-order valence-electron chi connectivity index (χ0n) is 12.0. The Morgan fingerprint density at radius 3 is 2.67 bits per heavy atom. The van der Waals surface area contributed by atoms with E-state index in [0.29, 0.717) is 12.5 Å². The van der Waals surface area contributed by atoms with E-state index in [9.17, 15) is 0 Å². The van der Waals surface area contributed by atoms with Gasteiger partial charge in [-0.05, 0) is 34.5 Å². The summed E-state index contributed by atoms with van der Waals surface area (Å²) in [5, 5.41) is 3.22. The van der Waals surface area contributed by atoms with Crippen LogP contribution in [0.4, 0.5) is 0 Å². The van der Waals surface area contributed by atoms with Crippen LogP contribution >= 0.6 is 0 Å². The lowest BCUT2D eigenvalue weighted by molar-refractivity contribution is 0.110. The molecule has 102 valence electrons. The maximum atomic E-state index is 5.71. The van der Waals surface area contributed by atoms with Crippen molar-refractivity contribution in [3.05, 3.63) is 18.1 Å². The fourth-order valence-corrected chi connectivity index (χ4v) is 1.17. The van der Waals surface area contributed by atoms with E-state index in [1.165, 1.54) is 0 Å². The molecule has 5 heteroatoms. The second-order valence-corrected chi connectivity index (χ2v) is 5.12. The predicted octanol–water partition coefficient (Wildman–Crippen LogP) is 1.31. The Morgan fingerprint density at radius 2 is 2.06 bits per heavy atom. The predicted molar refractivity (Wildman–Crippen MR) is 72.7 cm³/mol. The molecule has 1 N–H and O–H groups in total. The minimum absolute atomic E-state index is 0.0284. The fraction of sp³-hybridized carbons (Fsp3) is 0.692. The van der Waals surface area contributed by atoms with Crippen LogP contribution < -0.4 is 10.1 Å². The van der Waals surface area contributed by atoms with Crippen LogP contribution in [0, 0.1) is 0 Å². The molecule has 0 aliphatic carbocycles. The third-order valence-corrected chi connectivity index (χ3v) is 3.00. The van der Waals surface area contributed by atoms with Gasteiger partial charge in [0, 0.05) is 18.3 Å². The van der Waals surface area contributed by atoms with Crippen LogP contribution in [0.5, 0.6) is 5.88 Å². The number of likely N-dealkylation sites (N-methyl/N-ethyl adjacent to an activating group) is 1. The summed E-state index contributed by atoms with van der Waals surface area (Å²) >= 11 is 0. The Hall–Kier alpha value is -1.20. The SMILES string of the molecule is CCNCc1cncc(OCC(C)(C)N(C)C)n1. The first-order valence-corrected chi connectivity index (χ1v) is 6.27. The molecule has 0 spiro atoms. The molecular formula is C13H24N4O. The van der Waals surface area contributed by atoms with E-state index >= 15 is 0 Å². The van der Waals surface area contributed by atoms with Gasteiger partial charge in [0.2, 0.25) is 5.88 Å². The maximum absolute atomic E-state index is 5.71. The van der Waals surface area contributed by atoms with E-state index in [4.69, 9.17) is 4.74 Å². The van der Waals surface area contributed by atoms with Crippen molar-refractivity contribution in [2.24, 2.45) is 0 Å². The van der Waals surface area contributed by atoms with Crippen molar-refractivity contribution in [1.29, 1.82) is 0 Å². The number of rotatable bonds is 7. The second-order valence-electron chi connectivity index (χ2n) is 5.12. The third-order valence-electron chi connectivity index (χ3n) is 3.00. The largest absolute Gasteiger partial charge is 0.475 e. The molecule has 18 heavy (non-hydrogen) atoms. The summed E-state index contributed by atoms with van der Waals surface area (Å²) in [5.74, 6) is 0.584. The smallest absolute Gasteiger partial charge is 0.232 e. The molecular weight excluding hydrogens is 228 g/mol. The molecule has 1 heterocycles. The van der Waals surface area contributed by atoms with Gasteiger partial charge in [0.1, 0.15) is 6.61 Å². The van der Waals surface area contributed by atoms with Gasteiger partial charge in [0.25, 0.3) is 0 Å². The molecule has 0 aromatic carbocycles. The van der Waals surface area contributed by atoms with Gasteiger partial charge in [-0.3, -0.25) is 4.98 Å². The highest BCUT2D eigenvalue weighted by molar-refractivity contribution is 5.08. The van der Waals surface area contributed by atoms with Crippen LogP contribution in [0.2, 0.25) is 0 Å². The molecule has 0 fully saturated rings. The van der Waals surface area contributed by atoms with Crippen molar-refractivity contribution in [1.82, 2.24) is 20.2 Å². The molecule has 0 saturated carbocycles. The van der Waals surface area contributed by atoms with Gasteiger partial charge in [0.15, 0.2) is 0 Å². The van der Waals surface area contributed by atoms with E-state index in [1.54, 1.807) is 12.4 Å². The summed E-state index contributed by atoms with van der Waals surface area (Å²) in [5.41, 5.74) is 0.872. The Balaban J connectivity index is 2.57. The van der Waals surface area contributed by atoms with Crippen LogP contribution in [0.1, 0.15) is 26.5 Å². The topological polar surface area (TPSA) is 50.3 Å². The van der Waals surface area contributed by atoms with Gasteiger partial charge in [-0.25, -0.2) is 4.98 Å². The molecule has 1 rings (SSSR count). The van der Waals surface area contributed by atoms with Crippen LogP contribution in [0.3, 0.4) is 0 Å². The van der Waals surface area contributed by atoms with Crippen molar-refractivity contribution < 1.29 is 4.74 Å². The van der Waals surface area contributed by atoms with E-state index in [0.717, 1.165) is 18.8 Å². The summed E-state index contributed by atoms with van der Waals surface area (Å²) < 4.78 is 5.71. The van der Waals surface area contributed by atoms with E-state index in [-0.39, 0.29) is 5.54 Å². The normalized spacial score (nSPS) is 11.9. The number of nitrogens with zero attached hydrogens (tertiary/aromatic N) is 3. The van der Waals surface area contributed by atoms with Gasteiger partial charge < -0.3 is 15.0 Å². The summed E-state index contributed by atoms with van der Waals surface area (Å²) in [6.07, 6.45) is 3.41. The first-order chi connectivity index (χ1) is 8.45. The van der Waals surface area contributed by atoms with Gasteiger partial charge in [-0.15, -0.1) is 0 Å². The Bertz CT molecular complexity index is 366. The van der Waals surface area contributed by atoms with Gasteiger partial charge >= 0.3 is 0 Å². The van der Waals surface area contributed by atoms with Crippen molar-refractivity contribution in [3.63, 3.8) is 0 Å². The fourth-order valence-electron chi connectivity index (χ4n) is 1.17. The molecule has 0 radical (unpaired) electrons. The maximum Gasteiger partial charge on any atom is 0.232 e. The highest BCUT2D eigenvalue weighted by Crippen LogP contribution is 2.13. The Morgan fingerprint density at radius 1 is 1.33 bits per heavy atom. The van der Waals surface area contributed by atoms with Crippen LogP contribution in [0.25, 0.3) is 0 Å². The zero-order chi connectivity index (χ0) is 13.6. The minimum Gasteiger partial charge on any atom is -0.475 e. The number of aromatic nitrogens is 2. The molecule has 0 atom stereocenters. The lowest BCUT2D eigenvalue weighted by atomic mass is 10.1. The van der Waals surface area contributed by atoms with Crippen LogP contribution in [-0.2, 0) is 6.54 Å². The average molecular weight is 252 g/mol. The van der Waals surface area contributed by atoms with Crippen molar-refractivity contribution in [3.8, 4) is 5.88 Å². The van der Waals surface area contributed by atoms with Crippen LogP contribution in [-0.4, -0.2) is 47.7 Å². The standard InChI is InChI=1S/C13H24N4O/c1-6-14-7-11-8-15-9-12(16-11)18-10-13(2,3)17(4)5/h8-9,14H,6-7,10H2,1-5H3. The first kappa shape index (κ1) is 14.9. The van der Waals surface area contributed by atoms with Crippen molar-refractivity contribution in [2.45, 2.75) is 32.9 Å². The van der Waals surface area contributed by atoms with E-state index < -0.39 is 0 Å². The quantitative estimate of drug-likeness (QED) is 0.793. The third kappa shape index (κ3) is 4.58. The zero-order valence-corrected chi connectivity index (χ0v) is 12.0. The molecule has 0 aliphatic rings. The van der Waals surface area contributed by atoms with Gasteiger partial charge in [0.05, 0.1) is 11.9 Å². The van der Waals surface area contributed by atoms with Gasteiger partial charge in [-0.1, -0.05) is 6.92 Å². The van der Waals surface area contributed by atoms with E-state index in [1.807, 2.05) is 14.1 Å². The van der Waals surface area contributed by atoms with E-state index in [2.05, 4.69) is 41.0 Å². The van der Waals surface area contributed by atoms with Crippen LogP contribution in [0.15, 0.2) is 12.4 Å². The lowest BCUT2D eigenvalue weighted by Gasteiger charge is -2.31. The first-order valence-electron chi connectivity index (χ1n) is 6.27. The number of nitrogens with one attached hydrogen (secondary N) is 1. The average Bonchev–Trinajstić information content (AvgIpc) is 2.34. The van der Waals surface area contributed by atoms with Gasteiger partial charge in [-0.2, -0.15) is 0 Å². The minimum atomic E-state index is -0.0284. The summed E-state index contributed by atoms with van der Waals surface area (Å²) in [6.45, 7) is 8.54.